The Morgan fingerprint density at radius 1 is 1.41 bits per heavy atom. The molecule has 2 N–H and O–H groups in total. The zero-order valence-corrected chi connectivity index (χ0v) is 9.88. The van der Waals surface area contributed by atoms with Crippen molar-refractivity contribution in [3.63, 3.8) is 0 Å². The molecule has 0 saturated heterocycles. The van der Waals surface area contributed by atoms with Crippen LogP contribution in [0, 0.1) is 0 Å². The Labute approximate surface area is 99.6 Å². The molecular weight excluding hydrogens is 218 g/mol. The first kappa shape index (κ1) is 11.6. The van der Waals surface area contributed by atoms with Crippen LogP contribution in [0.4, 0.5) is 5.69 Å². The lowest BCUT2D eigenvalue weighted by Crippen LogP contribution is -1.99. The Balaban J connectivity index is 2.14. The highest BCUT2D eigenvalue weighted by atomic mass is 16.5. The maximum Gasteiger partial charge on any atom is 0.231 e. The summed E-state index contributed by atoms with van der Waals surface area (Å²) in [4.78, 5) is 4.26. The van der Waals surface area contributed by atoms with E-state index < -0.39 is 0 Å². The van der Waals surface area contributed by atoms with E-state index in [0.717, 1.165) is 11.3 Å². The fourth-order valence-electron chi connectivity index (χ4n) is 1.47. The summed E-state index contributed by atoms with van der Waals surface area (Å²) in [6, 6.07) is 7.62. The van der Waals surface area contributed by atoms with Crippen LogP contribution >= 0.6 is 0 Å². The van der Waals surface area contributed by atoms with Gasteiger partial charge in [-0.15, -0.1) is 0 Å². The second-order valence-electron chi connectivity index (χ2n) is 3.80. The smallest absolute Gasteiger partial charge is 0.231 e. The fourth-order valence-corrected chi connectivity index (χ4v) is 1.47. The normalized spacial score (nSPS) is 12.6. The summed E-state index contributed by atoms with van der Waals surface area (Å²) in [6.07, 6.45) is 0.372. The molecule has 5 heteroatoms. The zero-order chi connectivity index (χ0) is 12.3. The second kappa shape index (κ2) is 4.97. The molecule has 2 rings (SSSR count). The van der Waals surface area contributed by atoms with Crippen molar-refractivity contribution in [2.45, 2.75) is 19.4 Å². The van der Waals surface area contributed by atoms with Gasteiger partial charge in [0.25, 0.3) is 0 Å². The van der Waals surface area contributed by atoms with Gasteiger partial charge in [-0.1, -0.05) is 23.4 Å². The van der Waals surface area contributed by atoms with Crippen LogP contribution in [0.15, 0.2) is 28.8 Å². The third-order valence-corrected chi connectivity index (χ3v) is 2.60. The summed E-state index contributed by atoms with van der Waals surface area (Å²) >= 11 is 0. The van der Waals surface area contributed by atoms with Crippen molar-refractivity contribution in [3.8, 4) is 0 Å². The predicted octanol–water partition coefficient (Wildman–Crippen LogP) is 1.95. The number of hydrogen-bond donors (Lipinski definition) is 1. The number of aromatic nitrogens is 2. The molecule has 0 amide bonds. The molecule has 1 aromatic carbocycles. The molecule has 1 unspecified atom stereocenters. The first-order valence-corrected chi connectivity index (χ1v) is 5.39. The van der Waals surface area contributed by atoms with Crippen molar-refractivity contribution in [2.24, 2.45) is 0 Å². The van der Waals surface area contributed by atoms with Crippen LogP contribution in [0.25, 0.3) is 0 Å². The maximum atomic E-state index is 5.85. The van der Waals surface area contributed by atoms with E-state index in [4.69, 9.17) is 15.0 Å². The summed E-state index contributed by atoms with van der Waals surface area (Å²) in [7, 11) is 1.61. The number of rotatable bonds is 4. The van der Waals surface area contributed by atoms with Gasteiger partial charge in [-0.3, -0.25) is 0 Å². The second-order valence-corrected chi connectivity index (χ2v) is 3.80. The summed E-state index contributed by atoms with van der Waals surface area (Å²) in [5.74, 6) is 1.10. The number of hydrogen-bond acceptors (Lipinski definition) is 5. The van der Waals surface area contributed by atoms with E-state index in [-0.39, 0.29) is 6.10 Å². The summed E-state index contributed by atoms with van der Waals surface area (Å²) in [6.45, 7) is 1.87. The van der Waals surface area contributed by atoms with Gasteiger partial charge < -0.3 is 15.0 Å². The molecule has 0 aliphatic carbocycles. The van der Waals surface area contributed by atoms with Gasteiger partial charge in [0.1, 0.15) is 6.10 Å². The van der Waals surface area contributed by atoms with Crippen molar-refractivity contribution in [1.82, 2.24) is 10.1 Å². The van der Waals surface area contributed by atoms with E-state index in [9.17, 15) is 0 Å². The lowest BCUT2D eigenvalue weighted by Gasteiger charge is -2.02. The number of anilines is 1. The molecule has 2 aromatic rings. The standard InChI is InChI=1S/C12H15N3O2/c1-8(16-2)12-14-11(17-15-12)7-9-5-3-4-6-10(9)13/h3-6,8H,7,13H2,1-2H3. The first-order chi connectivity index (χ1) is 8.20. The van der Waals surface area contributed by atoms with Gasteiger partial charge in [0, 0.05) is 12.8 Å². The summed E-state index contributed by atoms with van der Waals surface area (Å²) in [5, 5.41) is 3.86. The SMILES string of the molecule is COC(C)c1noc(Cc2ccccc2N)n1. The number of methoxy groups -OCH3 is 1. The van der Waals surface area contributed by atoms with Crippen molar-refractivity contribution in [1.29, 1.82) is 0 Å². The van der Waals surface area contributed by atoms with Crippen molar-refractivity contribution in [3.05, 3.63) is 41.5 Å². The zero-order valence-electron chi connectivity index (χ0n) is 9.88. The van der Waals surface area contributed by atoms with Gasteiger partial charge in [0.05, 0.1) is 6.42 Å². The van der Waals surface area contributed by atoms with Crippen LogP contribution < -0.4 is 5.73 Å². The van der Waals surface area contributed by atoms with E-state index in [0.29, 0.717) is 18.1 Å². The highest BCUT2D eigenvalue weighted by Crippen LogP contribution is 2.17. The highest BCUT2D eigenvalue weighted by Gasteiger charge is 2.13. The van der Waals surface area contributed by atoms with Crippen molar-refractivity contribution < 1.29 is 9.26 Å². The van der Waals surface area contributed by atoms with Gasteiger partial charge in [0.15, 0.2) is 5.82 Å². The van der Waals surface area contributed by atoms with Crippen molar-refractivity contribution in [2.75, 3.05) is 12.8 Å². The van der Waals surface area contributed by atoms with E-state index in [1.165, 1.54) is 0 Å². The number of para-hydroxylation sites is 1. The first-order valence-electron chi connectivity index (χ1n) is 5.39. The van der Waals surface area contributed by atoms with Crippen LogP contribution in [-0.2, 0) is 11.2 Å². The molecule has 0 bridgehead atoms. The molecule has 0 fully saturated rings. The largest absolute Gasteiger partial charge is 0.398 e. The minimum atomic E-state index is -0.166. The number of nitrogens with two attached hydrogens (primary N) is 1. The summed E-state index contributed by atoms with van der Waals surface area (Å²) in [5.41, 5.74) is 7.55. The predicted molar refractivity (Wildman–Crippen MR) is 63.4 cm³/mol. The average Bonchev–Trinajstić information content (AvgIpc) is 2.80. The Morgan fingerprint density at radius 3 is 2.88 bits per heavy atom. The molecule has 90 valence electrons. The number of benzene rings is 1. The van der Waals surface area contributed by atoms with Crippen LogP contribution in [-0.4, -0.2) is 17.3 Å². The average molecular weight is 233 g/mol. The molecule has 17 heavy (non-hydrogen) atoms. The van der Waals surface area contributed by atoms with E-state index >= 15 is 0 Å². The Bertz CT molecular complexity index is 496. The number of ether oxygens (including phenoxy) is 1. The molecule has 5 nitrogen and oxygen atoms in total. The Hall–Kier alpha value is -1.88. The maximum absolute atomic E-state index is 5.85. The summed E-state index contributed by atoms with van der Waals surface area (Å²) < 4.78 is 10.3. The number of nitrogen functional groups attached to an aromatic ring is 1. The van der Waals surface area contributed by atoms with Crippen LogP contribution in [0.3, 0.4) is 0 Å². The highest BCUT2D eigenvalue weighted by molar-refractivity contribution is 5.47. The third kappa shape index (κ3) is 2.62. The van der Waals surface area contributed by atoms with E-state index in [2.05, 4.69) is 10.1 Å². The topological polar surface area (TPSA) is 74.2 Å². The molecule has 0 aliphatic heterocycles. The van der Waals surface area contributed by atoms with Crippen LogP contribution in [0.1, 0.15) is 30.3 Å². The van der Waals surface area contributed by atoms with Crippen molar-refractivity contribution >= 4 is 5.69 Å². The van der Waals surface area contributed by atoms with Crippen LogP contribution in [0.5, 0.6) is 0 Å². The monoisotopic (exact) mass is 233 g/mol. The van der Waals surface area contributed by atoms with E-state index in [1.54, 1.807) is 7.11 Å². The molecule has 0 radical (unpaired) electrons. The Kier molecular flexibility index (Phi) is 3.39. The molecule has 0 spiro atoms. The molecule has 0 saturated carbocycles. The van der Waals surface area contributed by atoms with Crippen LogP contribution in [0.2, 0.25) is 0 Å². The Morgan fingerprint density at radius 2 is 2.18 bits per heavy atom. The molecule has 0 aliphatic rings. The van der Waals surface area contributed by atoms with Gasteiger partial charge in [-0.05, 0) is 18.6 Å². The molecule has 1 heterocycles. The third-order valence-electron chi connectivity index (χ3n) is 2.60. The minimum Gasteiger partial charge on any atom is -0.398 e. The van der Waals surface area contributed by atoms with Gasteiger partial charge in [0.2, 0.25) is 5.89 Å². The lowest BCUT2D eigenvalue weighted by atomic mass is 10.1. The fraction of sp³-hybridized carbons (Fsp3) is 0.333. The minimum absolute atomic E-state index is 0.166. The lowest BCUT2D eigenvalue weighted by molar-refractivity contribution is 0.109. The van der Waals surface area contributed by atoms with Gasteiger partial charge in [-0.2, -0.15) is 4.98 Å². The quantitative estimate of drug-likeness (QED) is 0.817. The molecular formula is C12H15N3O2. The number of nitrogens with zero attached hydrogens (tertiary/aromatic N) is 2. The van der Waals surface area contributed by atoms with Gasteiger partial charge >= 0.3 is 0 Å². The van der Waals surface area contributed by atoms with E-state index in [1.807, 2.05) is 31.2 Å². The molecule has 1 atom stereocenters. The van der Waals surface area contributed by atoms with Gasteiger partial charge in [-0.25, -0.2) is 0 Å². The molecule has 1 aromatic heterocycles.